The van der Waals surface area contributed by atoms with Gasteiger partial charge in [-0.25, -0.2) is 9.67 Å². The highest BCUT2D eigenvalue weighted by Gasteiger charge is 2.13. The Balaban J connectivity index is 2.42. The lowest BCUT2D eigenvalue weighted by molar-refractivity contribution is 0.0566. The maximum atomic E-state index is 12.2. The summed E-state index contributed by atoms with van der Waals surface area (Å²) in [5, 5.41) is 21.6. The summed E-state index contributed by atoms with van der Waals surface area (Å²) in [6, 6.07) is -0.595. The molecule has 0 aliphatic rings. The van der Waals surface area contributed by atoms with Crippen LogP contribution in [0.4, 0.5) is 8.78 Å². The summed E-state index contributed by atoms with van der Waals surface area (Å²) in [6.45, 7) is -2.76. The fourth-order valence-electron chi connectivity index (χ4n) is 1.15. The van der Waals surface area contributed by atoms with Crippen LogP contribution >= 0.6 is 0 Å². The SMILES string of the molecule is Oc1ncc(-c2cnn(C(F)F)c2)c(O)n1. The molecule has 0 bridgehead atoms. The maximum Gasteiger partial charge on any atom is 0.333 e. The lowest BCUT2D eigenvalue weighted by Gasteiger charge is -1.99. The molecule has 2 aromatic rings. The van der Waals surface area contributed by atoms with Crippen molar-refractivity contribution < 1.29 is 19.0 Å². The van der Waals surface area contributed by atoms with Gasteiger partial charge in [0, 0.05) is 18.0 Å². The monoisotopic (exact) mass is 228 g/mol. The van der Waals surface area contributed by atoms with Crippen LogP contribution in [0.1, 0.15) is 6.55 Å². The number of nitrogens with zero attached hydrogens (tertiary/aromatic N) is 4. The Kier molecular flexibility index (Phi) is 2.39. The summed E-state index contributed by atoms with van der Waals surface area (Å²) in [5.74, 6) is -0.499. The van der Waals surface area contributed by atoms with E-state index >= 15 is 0 Å². The summed E-state index contributed by atoms with van der Waals surface area (Å²) in [6.07, 6.45) is 3.30. The molecule has 0 unspecified atom stereocenters. The average molecular weight is 228 g/mol. The standard InChI is InChI=1S/C8H6F2N4O2/c9-7(10)14-3-4(1-12-14)5-2-11-8(16)13-6(5)15/h1-3,7H,(H2,11,13,15,16). The number of hydrogen-bond acceptors (Lipinski definition) is 5. The average Bonchev–Trinajstić information content (AvgIpc) is 2.66. The molecule has 0 amide bonds. The van der Waals surface area contributed by atoms with Crippen LogP contribution in [-0.4, -0.2) is 30.0 Å². The first-order valence-electron chi connectivity index (χ1n) is 4.15. The number of rotatable bonds is 2. The molecule has 2 rings (SSSR count). The zero-order valence-corrected chi connectivity index (χ0v) is 7.75. The topological polar surface area (TPSA) is 84.1 Å². The number of alkyl halides is 2. The molecule has 0 spiro atoms. The van der Waals surface area contributed by atoms with Crippen molar-refractivity contribution in [3.8, 4) is 23.0 Å². The van der Waals surface area contributed by atoms with Gasteiger partial charge in [0.15, 0.2) is 0 Å². The number of aromatic hydroxyl groups is 2. The van der Waals surface area contributed by atoms with Crippen LogP contribution in [0.2, 0.25) is 0 Å². The predicted octanol–water partition coefficient (Wildman–Crippen LogP) is 1.15. The smallest absolute Gasteiger partial charge is 0.333 e. The summed E-state index contributed by atoms with van der Waals surface area (Å²) in [4.78, 5) is 6.71. The second-order valence-corrected chi connectivity index (χ2v) is 2.89. The van der Waals surface area contributed by atoms with Crippen molar-refractivity contribution in [2.75, 3.05) is 0 Å². The van der Waals surface area contributed by atoms with Gasteiger partial charge in [-0.2, -0.15) is 18.9 Å². The zero-order chi connectivity index (χ0) is 11.7. The van der Waals surface area contributed by atoms with Crippen molar-refractivity contribution in [1.82, 2.24) is 19.7 Å². The van der Waals surface area contributed by atoms with Gasteiger partial charge in [0.1, 0.15) is 0 Å². The summed E-state index contributed by atoms with van der Waals surface area (Å²) >= 11 is 0. The zero-order valence-electron chi connectivity index (χ0n) is 7.75. The van der Waals surface area contributed by atoms with Crippen LogP contribution in [0, 0.1) is 0 Å². The minimum Gasteiger partial charge on any atom is -0.493 e. The highest BCUT2D eigenvalue weighted by molar-refractivity contribution is 5.65. The fraction of sp³-hybridized carbons (Fsp3) is 0.125. The van der Waals surface area contributed by atoms with Gasteiger partial charge in [-0.3, -0.25) is 0 Å². The van der Waals surface area contributed by atoms with Crippen LogP contribution in [0.15, 0.2) is 18.6 Å². The van der Waals surface area contributed by atoms with Gasteiger partial charge in [-0.1, -0.05) is 0 Å². The van der Waals surface area contributed by atoms with Crippen molar-refractivity contribution in [1.29, 1.82) is 0 Å². The van der Waals surface area contributed by atoms with E-state index in [1.54, 1.807) is 0 Å². The summed E-state index contributed by atoms with van der Waals surface area (Å²) < 4.78 is 24.9. The molecule has 0 fully saturated rings. The Morgan fingerprint density at radius 2 is 2.00 bits per heavy atom. The van der Waals surface area contributed by atoms with Crippen molar-refractivity contribution in [3.63, 3.8) is 0 Å². The minimum atomic E-state index is -2.76. The Labute approximate surface area is 87.8 Å². The third kappa shape index (κ3) is 1.76. The van der Waals surface area contributed by atoms with E-state index in [4.69, 9.17) is 5.11 Å². The van der Waals surface area contributed by atoms with Crippen molar-refractivity contribution in [2.24, 2.45) is 0 Å². The quantitative estimate of drug-likeness (QED) is 0.805. The lowest BCUT2D eigenvalue weighted by atomic mass is 10.2. The number of halogens is 2. The fourth-order valence-corrected chi connectivity index (χ4v) is 1.15. The lowest BCUT2D eigenvalue weighted by Crippen LogP contribution is -1.96. The van der Waals surface area contributed by atoms with Crippen molar-refractivity contribution >= 4 is 0 Å². The molecule has 0 radical (unpaired) electrons. The molecule has 0 aliphatic heterocycles. The molecule has 0 saturated heterocycles. The molecule has 6 nitrogen and oxygen atoms in total. The first-order chi connectivity index (χ1) is 7.58. The van der Waals surface area contributed by atoms with Gasteiger partial charge in [-0.15, -0.1) is 0 Å². The minimum absolute atomic E-state index is 0.115. The highest BCUT2D eigenvalue weighted by Crippen LogP contribution is 2.27. The summed E-state index contributed by atoms with van der Waals surface area (Å²) in [5.41, 5.74) is 0.350. The second-order valence-electron chi connectivity index (χ2n) is 2.89. The van der Waals surface area contributed by atoms with E-state index in [0.29, 0.717) is 4.68 Å². The van der Waals surface area contributed by atoms with Gasteiger partial charge in [0.05, 0.1) is 11.8 Å². The Morgan fingerprint density at radius 1 is 1.25 bits per heavy atom. The normalized spacial score (nSPS) is 10.9. The van der Waals surface area contributed by atoms with E-state index in [1.165, 1.54) is 0 Å². The maximum absolute atomic E-state index is 12.2. The molecule has 0 aliphatic carbocycles. The second kappa shape index (κ2) is 3.72. The molecule has 16 heavy (non-hydrogen) atoms. The Bertz CT molecular complexity index is 514. The highest BCUT2D eigenvalue weighted by atomic mass is 19.3. The summed E-state index contributed by atoms with van der Waals surface area (Å²) in [7, 11) is 0. The first kappa shape index (κ1) is 10.3. The molecule has 2 N–H and O–H groups in total. The molecule has 0 atom stereocenters. The van der Waals surface area contributed by atoms with E-state index in [0.717, 1.165) is 18.6 Å². The Hall–Kier alpha value is -2.25. The molecular weight excluding hydrogens is 222 g/mol. The van der Waals surface area contributed by atoms with Gasteiger partial charge >= 0.3 is 12.6 Å². The van der Waals surface area contributed by atoms with Crippen LogP contribution in [0.25, 0.3) is 11.1 Å². The molecule has 2 aromatic heterocycles. The molecule has 0 aromatic carbocycles. The number of aromatic nitrogens is 4. The first-order valence-corrected chi connectivity index (χ1v) is 4.15. The van der Waals surface area contributed by atoms with Gasteiger partial charge in [-0.05, 0) is 0 Å². The van der Waals surface area contributed by atoms with Crippen LogP contribution in [0.3, 0.4) is 0 Å². The predicted molar refractivity (Wildman–Crippen MR) is 47.8 cm³/mol. The Morgan fingerprint density at radius 3 is 2.56 bits per heavy atom. The van der Waals surface area contributed by atoms with Gasteiger partial charge < -0.3 is 10.2 Å². The largest absolute Gasteiger partial charge is 0.493 e. The third-order valence-corrected chi connectivity index (χ3v) is 1.87. The van der Waals surface area contributed by atoms with E-state index in [1.807, 2.05) is 0 Å². The number of hydrogen-bond donors (Lipinski definition) is 2. The third-order valence-electron chi connectivity index (χ3n) is 1.87. The van der Waals surface area contributed by atoms with Crippen LogP contribution < -0.4 is 0 Å². The molecule has 2 heterocycles. The van der Waals surface area contributed by atoms with E-state index < -0.39 is 18.4 Å². The van der Waals surface area contributed by atoms with Crippen molar-refractivity contribution in [3.05, 3.63) is 18.6 Å². The van der Waals surface area contributed by atoms with Crippen molar-refractivity contribution in [2.45, 2.75) is 6.55 Å². The van der Waals surface area contributed by atoms with Crippen LogP contribution in [0.5, 0.6) is 11.9 Å². The van der Waals surface area contributed by atoms with E-state index in [2.05, 4.69) is 15.1 Å². The molecule has 0 saturated carbocycles. The van der Waals surface area contributed by atoms with Gasteiger partial charge in [0.2, 0.25) is 5.88 Å². The molecule has 8 heteroatoms. The van der Waals surface area contributed by atoms with E-state index in [9.17, 15) is 13.9 Å². The molecular formula is C8H6F2N4O2. The van der Waals surface area contributed by atoms with E-state index in [-0.39, 0.29) is 11.1 Å². The molecule has 84 valence electrons. The van der Waals surface area contributed by atoms with Crippen LogP contribution in [-0.2, 0) is 0 Å². The van der Waals surface area contributed by atoms with Gasteiger partial charge in [0.25, 0.3) is 0 Å².